The molecule has 0 aromatic heterocycles. The Labute approximate surface area is 339 Å². The first-order chi connectivity index (χ1) is 25.0. The van der Waals surface area contributed by atoms with Gasteiger partial charge in [0.05, 0.1) is 39.3 Å². The summed E-state index contributed by atoms with van der Waals surface area (Å²) in [6.45, 7) is 8.42. The minimum absolute atomic E-state index is 0.186. The Balaban J connectivity index is 0.000000301. The molecule has 0 spiro atoms. The summed E-state index contributed by atoms with van der Waals surface area (Å²) in [6.07, 6.45) is 0.657. The molecule has 0 heterocycles. The molecule has 4 rings (SSSR count). The molecule has 4 aromatic carbocycles. The zero-order valence-electron chi connectivity index (χ0n) is 29.4. The summed E-state index contributed by atoms with van der Waals surface area (Å²) in [5.74, 6) is -2.96. The van der Waals surface area contributed by atoms with Gasteiger partial charge in [-0.15, -0.1) is 0 Å². The van der Waals surface area contributed by atoms with Crippen LogP contribution >= 0.6 is 63.7 Å². The largest absolute Gasteiger partial charge is 0.466 e. The van der Waals surface area contributed by atoms with Crippen LogP contribution in [0.5, 0.6) is 0 Å². The predicted molar refractivity (Wildman–Crippen MR) is 216 cm³/mol. The van der Waals surface area contributed by atoms with E-state index in [0.717, 1.165) is 29.0 Å². The van der Waals surface area contributed by atoms with Crippen LogP contribution in [0, 0.1) is 0 Å². The molecule has 0 aliphatic carbocycles. The van der Waals surface area contributed by atoms with Gasteiger partial charge in [-0.05, 0) is 74.2 Å². The Morgan fingerprint density at radius 1 is 0.442 bits per heavy atom. The van der Waals surface area contributed by atoms with Gasteiger partial charge in [0, 0.05) is 17.9 Å². The van der Waals surface area contributed by atoms with Gasteiger partial charge in [0.1, 0.15) is 11.8 Å². The second-order valence-corrected chi connectivity index (χ2v) is 14.1. The summed E-state index contributed by atoms with van der Waals surface area (Å²) < 4.78 is 23.7. The summed E-state index contributed by atoms with van der Waals surface area (Å²) in [5.41, 5.74) is 3.28. The molecule has 0 radical (unpaired) electrons. The molecule has 0 saturated heterocycles. The molecule has 8 nitrogen and oxygen atoms in total. The molecule has 52 heavy (non-hydrogen) atoms. The van der Waals surface area contributed by atoms with Crippen molar-refractivity contribution in [3.8, 4) is 0 Å². The third kappa shape index (κ3) is 15.0. The summed E-state index contributed by atoms with van der Waals surface area (Å²) in [7, 11) is 0. The average molecular weight is 970 g/mol. The molecule has 0 amide bonds. The Bertz CT molecular complexity index is 1620. The topological polar surface area (TPSA) is 105 Å². The van der Waals surface area contributed by atoms with E-state index in [9.17, 15) is 19.2 Å². The van der Waals surface area contributed by atoms with Gasteiger partial charge >= 0.3 is 23.9 Å². The molecule has 0 fully saturated rings. The summed E-state index contributed by atoms with van der Waals surface area (Å²) in [5, 5.41) is 0. The minimum Gasteiger partial charge on any atom is -0.466 e. The van der Waals surface area contributed by atoms with Crippen LogP contribution in [0.3, 0.4) is 0 Å². The number of hydrogen-bond donors (Lipinski definition) is 0. The van der Waals surface area contributed by atoms with Crippen LogP contribution in [0.25, 0.3) is 0 Å². The number of esters is 4. The number of carbonyl (C=O) groups excluding carboxylic acids is 4. The van der Waals surface area contributed by atoms with E-state index in [1.54, 1.807) is 27.7 Å². The molecule has 0 N–H and O–H groups in total. The third-order valence-corrected chi connectivity index (χ3v) is 10.1. The highest BCUT2D eigenvalue weighted by molar-refractivity contribution is 9.11. The van der Waals surface area contributed by atoms with Crippen molar-refractivity contribution in [2.45, 2.75) is 52.4 Å². The molecule has 2 unspecified atom stereocenters. The first-order valence-electron chi connectivity index (χ1n) is 16.6. The molecule has 4 aromatic rings. The monoisotopic (exact) mass is 966 g/mol. The second-order valence-electron chi connectivity index (χ2n) is 10.6. The van der Waals surface area contributed by atoms with Gasteiger partial charge in [0.15, 0.2) is 0 Å². The molecular weight excluding hydrogens is 928 g/mol. The highest BCUT2D eigenvalue weighted by Crippen LogP contribution is 2.41. The Hall–Kier alpha value is -3.32. The number of carbonyl (C=O) groups is 4. The highest BCUT2D eigenvalue weighted by Gasteiger charge is 2.40. The maximum absolute atomic E-state index is 12.9. The van der Waals surface area contributed by atoms with Crippen molar-refractivity contribution in [2.24, 2.45) is 0 Å². The van der Waals surface area contributed by atoms with Crippen LogP contribution in [0.15, 0.2) is 115 Å². The van der Waals surface area contributed by atoms with Crippen molar-refractivity contribution < 1.29 is 38.1 Å². The number of halogens is 4. The lowest BCUT2D eigenvalue weighted by Gasteiger charge is -2.26. The van der Waals surface area contributed by atoms with Crippen LogP contribution in [-0.4, -0.2) is 50.3 Å². The van der Waals surface area contributed by atoms with E-state index >= 15 is 0 Å². The predicted octanol–water partition coefficient (Wildman–Crippen LogP) is 10.3. The second kappa shape index (κ2) is 24.8. The highest BCUT2D eigenvalue weighted by atomic mass is 79.9. The molecule has 2 atom stereocenters. The summed E-state index contributed by atoms with van der Waals surface area (Å²) in [6, 6.07) is 29.9. The van der Waals surface area contributed by atoms with Gasteiger partial charge < -0.3 is 18.9 Å². The van der Waals surface area contributed by atoms with Gasteiger partial charge in [-0.2, -0.15) is 0 Å². The number of ether oxygens (including phenoxy) is 4. The molecule has 12 heteroatoms. The van der Waals surface area contributed by atoms with Gasteiger partial charge in [-0.25, -0.2) is 0 Å². The number of hydrogen-bond acceptors (Lipinski definition) is 8. The van der Waals surface area contributed by atoms with Crippen molar-refractivity contribution in [3.05, 3.63) is 137 Å². The van der Waals surface area contributed by atoms with E-state index in [0.29, 0.717) is 37.2 Å². The van der Waals surface area contributed by atoms with Crippen molar-refractivity contribution in [3.63, 3.8) is 0 Å². The van der Waals surface area contributed by atoms with Crippen molar-refractivity contribution in [2.75, 3.05) is 26.4 Å². The van der Waals surface area contributed by atoms with Gasteiger partial charge in [0.25, 0.3) is 0 Å². The van der Waals surface area contributed by atoms with Crippen LogP contribution < -0.4 is 0 Å². The molecule has 0 aliphatic rings. The molecule has 0 aliphatic heterocycles. The van der Waals surface area contributed by atoms with Gasteiger partial charge in [0.2, 0.25) is 0 Å². The van der Waals surface area contributed by atoms with E-state index in [4.69, 9.17) is 18.9 Å². The van der Waals surface area contributed by atoms with E-state index < -0.39 is 23.8 Å². The normalized spacial score (nSPS) is 11.3. The zero-order chi connectivity index (χ0) is 38.5. The maximum atomic E-state index is 12.9. The van der Waals surface area contributed by atoms with Crippen LogP contribution in [0.2, 0.25) is 0 Å². The maximum Gasteiger partial charge on any atom is 0.314 e. The summed E-state index contributed by atoms with van der Waals surface area (Å²) in [4.78, 5) is 48.0. The van der Waals surface area contributed by atoms with Crippen LogP contribution in [0.1, 0.15) is 61.8 Å². The SMILES string of the molecule is CCOC(=O)C(c1ccccc1Br)C(C(=O)OCC)c1ccccc1Br.CCOC(=O)Cc1ccccc1Br.CCOC(=O)Cc1ccccc1Br. The van der Waals surface area contributed by atoms with Gasteiger partial charge in [-0.3, -0.25) is 19.2 Å². The van der Waals surface area contributed by atoms with Gasteiger partial charge in [-0.1, -0.05) is 137 Å². The molecule has 278 valence electrons. The lowest BCUT2D eigenvalue weighted by molar-refractivity contribution is -0.153. The fraction of sp³-hybridized carbons (Fsp3) is 0.300. The first kappa shape index (κ1) is 44.8. The average Bonchev–Trinajstić information content (AvgIpc) is 3.11. The van der Waals surface area contributed by atoms with Crippen molar-refractivity contribution in [1.82, 2.24) is 0 Å². The van der Waals surface area contributed by atoms with Crippen molar-refractivity contribution in [1.29, 1.82) is 0 Å². The Kier molecular flexibility index (Phi) is 21.4. The van der Waals surface area contributed by atoms with E-state index in [1.807, 2.05) is 97.1 Å². The van der Waals surface area contributed by atoms with E-state index in [2.05, 4.69) is 63.7 Å². The van der Waals surface area contributed by atoms with E-state index in [1.165, 1.54) is 0 Å². The Morgan fingerprint density at radius 3 is 1.02 bits per heavy atom. The van der Waals surface area contributed by atoms with Crippen molar-refractivity contribution >= 4 is 87.6 Å². The quantitative estimate of drug-likeness (QED) is 0.0964. The number of rotatable bonds is 13. The fourth-order valence-electron chi connectivity index (χ4n) is 4.82. The lowest BCUT2D eigenvalue weighted by atomic mass is 9.81. The number of benzene rings is 4. The molecular formula is C40H42Br4O8. The third-order valence-electron chi connectivity index (χ3n) is 7.09. The smallest absolute Gasteiger partial charge is 0.314 e. The molecule has 0 saturated carbocycles. The lowest BCUT2D eigenvalue weighted by Crippen LogP contribution is -2.30. The van der Waals surface area contributed by atoms with Crippen LogP contribution in [0.4, 0.5) is 0 Å². The van der Waals surface area contributed by atoms with Crippen LogP contribution in [-0.2, 0) is 51.0 Å². The molecule has 0 bridgehead atoms. The summed E-state index contributed by atoms with van der Waals surface area (Å²) >= 11 is 13.7. The zero-order valence-corrected chi connectivity index (χ0v) is 35.8. The standard InChI is InChI=1S/C20H20Br2O4.2C10H11BrO2/c1-3-25-19(23)17(13-9-5-7-11-15(13)21)18(20(24)26-4-2)14-10-6-8-12-16(14)22;2*1-2-13-10(12)7-8-5-3-4-6-9(8)11/h5-12,17-18H,3-4H2,1-2H3;2*3-6H,2,7H2,1H3. The van der Waals surface area contributed by atoms with E-state index in [-0.39, 0.29) is 25.2 Å². The first-order valence-corrected chi connectivity index (χ1v) is 19.8. The Morgan fingerprint density at radius 2 is 0.731 bits per heavy atom. The minimum atomic E-state index is -0.830. The fourth-order valence-corrected chi connectivity index (χ4v) is 6.74.